The molecule has 1 N–H and O–H groups in total. The number of carbonyl (C=O) groups is 1. The zero-order valence-corrected chi connectivity index (χ0v) is 19.8. The molecule has 6 heteroatoms. The molecule has 0 saturated carbocycles. The molecule has 1 aliphatic heterocycles. The van der Waals surface area contributed by atoms with Crippen LogP contribution < -0.4 is 19.5 Å². The Morgan fingerprint density at radius 3 is 2.09 bits per heavy atom. The van der Waals surface area contributed by atoms with Gasteiger partial charge in [0.15, 0.2) is 11.5 Å². The molecule has 0 aromatic heterocycles. The maximum absolute atomic E-state index is 13.1. The highest BCUT2D eigenvalue weighted by atomic mass is 16.5. The Kier molecular flexibility index (Phi) is 8.04. The van der Waals surface area contributed by atoms with Crippen molar-refractivity contribution in [1.82, 2.24) is 10.2 Å². The third-order valence-electron chi connectivity index (χ3n) is 6.17. The molecular weight excluding hydrogens is 428 g/mol. The largest absolute Gasteiger partial charge is 0.493 e. The molecule has 1 heterocycles. The van der Waals surface area contributed by atoms with E-state index in [0.717, 1.165) is 18.7 Å². The van der Waals surface area contributed by atoms with Crippen LogP contribution >= 0.6 is 0 Å². The van der Waals surface area contributed by atoms with Gasteiger partial charge in [-0.1, -0.05) is 60.7 Å². The van der Waals surface area contributed by atoms with Gasteiger partial charge in [0, 0.05) is 12.1 Å². The minimum atomic E-state index is -0.175. The van der Waals surface area contributed by atoms with Gasteiger partial charge in [-0.3, -0.25) is 9.69 Å². The van der Waals surface area contributed by atoms with E-state index in [9.17, 15) is 4.79 Å². The zero-order valence-electron chi connectivity index (χ0n) is 19.8. The number of methoxy groups -OCH3 is 2. The molecule has 0 bridgehead atoms. The van der Waals surface area contributed by atoms with Gasteiger partial charge in [-0.05, 0) is 49.2 Å². The minimum absolute atomic E-state index is 0.143. The Labute approximate surface area is 201 Å². The molecule has 1 aliphatic rings. The van der Waals surface area contributed by atoms with E-state index in [-0.39, 0.29) is 11.9 Å². The Balaban J connectivity index is 1.49. The van der Waals surface area contributed by atoms with Crippen molar-refractivity contribution in [3.05, 3.63) is 89.5 Å². The van der Waals surface area contributed by atoms with Gasteiger partial charge in [0.2, 0.25) is 5.75 Å². The Bertz CT molecular complexity index is 1040. The van der Waals surface area contributed by atoms with Crippen LogP contribution in [0.3, 0.4) is 0 Å². The second-order valence-electron chi connectivity index (χ2n) is 8.36. The number of carbonyl (C=O) groups excluding carboxylic acids is 1. The molecule has 1 fully saturated rings. The normalized spacial score (nSPS) is 14.4. The van der Waals surface area contributed by atoms with E-state index in [1.165, 1.54) is 18.4 Å². The highest BCUT2D eigenvalue weighted by Gasteiger charge is 2.25. The number of rotatable bonds is 10. The Morgan fingerprint density at radius 2 is 1.50 bits per heavy atom. The standard InChI is InChI=1S/C28H32N2O4/c1-32-25-17-23(18-26(33-2)27(25)34-20-21-11-5-3-6-12-21)28(31)29-19-24(30-15-9-10-16-30)22-13-7-4-8-14-22/h3-8,11-14,17-18,24H,9-10,15-16,19-20H2,1-2H3,(H,29,31)/t24-/m0/s1. The number of amides is 1. The predicted molar refractivity (Wildman–Crippen MR) is 133 cm³/mol. The quantitative estimate of drug-likeness (QED) is 0.469. The van der Waals surface area contributed by atoms with E-state index in [0.29, 0.717) is 36.0 Å². The number of hydrogen-bond donors (Lipinski definition) is 1. The van der Waals surface area contributed by atoms with E-state index >= 15 is 0 Å². The third-order valence-corrected chi connectivity index (χ3v) is 6.17. The van der Waals surface area contributed by atoms with Gasteiger partial charge in [0.25, 0.3) is 5.91 Å². The summed E-state index contributed by atoms with van der Waals surface area (Å²) in [5.41, 5.74) is 2.71. The first kappa shape index (κ1) is 23.6. The van der Waals surface area contributed by atoms with Crippen LogP contribution in [0.4, 0.5) is 0 Å². The van der Waals surface area contributed by atoms with Crippen LogP contribution in [0.5, 0.6) is 17.2 Å². The van der Waals surface area contributed by atoms with Crippen molar-refractivity contribution in [2.75, 3.05) is 33.9 Å². The minimum Gasteiger partial charge on any atom is -0.493 e. The van der Waals surface area contributed by atoms with Gasteiger partial charge in [-0.15, -0.1) is 0 Å². The molecule has 4 rings (SSSR count). The van der Waals surface area contributed by atoms with Crippen LogP contribution in [0.15, 0.2) is 72.8 Å². The van der Waals surface area contributed by atoms with Gasteiger partial charge in [-0.2, -0.15) is 0 Å². The molecule has 0 spiro atoms. The van der Waals surface area contributed by atoms with Gasteiger partial charge in [0.05, 0.1) is 20.3 Å². The van der Waals surface area contributed by atoms with E-state index in [1.807, 2.05) is 48.5 Å². The Hall–Kier alpha value is -3.51. The zero-order chi connectivity index (χ0) is 23.8. The van der Waals surface area contributed by atoms with E-state index in [2.05, 4.69) is 22.3 Å². The molecule has 34 heavy (non-hydrogen) atoms. The number of likely N-dealkylation sites (tertiary alicyclic amines) is 1. The number of hydrogen-bond acceptors (Lipinski definition) is 5. The van der Waals surface area contributed by atoms with Gasteiger partial charge >= 0.3 is 0 Å². The fraction of sp³-hybridized carbons (Fsp3) is 0.321. The lowest BCUT2D eigenvalue weighted by molar-refractivity contribution is 0.0937. The van der Waals surface area contributed by atoms with Crippen LogP contribution in [-0.4, -0.2) is 44.7 Å². The van der Waals surface area contributed by atoms with Crippen LogP contribution in [0, 0.1) is 0 Å². The molecule has 3 aromatic rings. The lowest BCUT2D eigenvalue weighted by Gasteiger charge is -2.28. The molecule has 1 amide bonds. The molecule has 178 valence electrons. The topological polar surface area (TPSA) is 60.0 Å². The molecule has 3 aromatic carbocycles. The number of nitrogens with one attached hydrogen (secondary N) is 1. The molecule has 1 saturated heterocycles. The molecule has 0 aliphatic carbocycles. The first-order valence-corrected chi connectivity index (χ1v) is 11.7. The Morgan fingerprint density at radius 1 is 0.912 bits per heavy atom. The van der Waals surface area contributed by atoms with Crippen molar-refractivity contribution in [3.8, 4) is 17.2 Å². The summed E-state index contributed by atoms with van der Waals surface area (Å²) in [6, 6.07) is 23.8. The van der Waals surface area contributed by atoms with Crippen LogP contribution in [0.1, 0.15) is 40.4 Å². The number of ether oxygens (including phenoxy) is 3. The van der Waals surface area contributed by atoms with Gasteiger partial charge < -0.3 is 19.5 Å². The van der Waals surface area contributed by atoms with E-state index in [1.54, 1.807) is 26.4 Å². The highest BCUT2D eigenvalue weighted by molar-refractivity contribution is 5.95. The lowest BCUT2D eigenvalue weighted by atomic mass is 10.1. The van der Waals surface area contributed by atoms with Gasteiger partial charge in [-0.25, -0.2) is 0 Å². The fourth-order valence-electron chi connectivity index (χ4n) is 4.36. The van der Waals surface area contributed by atoms with Crippen LogP contribution in [0.2, 0.25) is 0 Å². The first-order chi connectivity index (χ1) is 16.7. The van der Waals surface area contributed by atoms with Crippen LogP contribution in [0.25, 0.3) is 0 Å². The van der Waals surface area contributed by atoms with Gasteiger partial charge in [0.1, 0.15) is 6.61 Å². The fourth-order valence-corrected chi connectivity index (χ4v) is 4.36. The van der Waals surface area contributed by atoms with Crippen molar-refractivity contribution in [3.63, 3.8) is 0 Å². The molecule has 6 nitrogen and oxygen atoms in total. The van der Waals surface area contributed by atoms with E-state index < -0.39 is 0 Å². The van der Waals surface area contributed by atoms with Crippen molar-refractivity contribution in [2.24, 2.45) is 0 Å². The van der Waals surface area contributed by atoms with Crippen molar-refractivity contribution >= 4 is 5.91 Å². The summed E-state index contributed by atoms with van der Waals surface area (Å²) in [7, 11) is 3.12. The van der Waals surface area contributed by atoms with Crippen molar-refractivity contribution < 1.29 is 19.0 Å². The first-order valence-electron chi connectivity index (χ1n) is 11.7. The lowest BCUT2D eigenvalue weighted by Crippen LogP contribution is -2.36. The smallest absolute Gasteiger partial charge is 0.251 e. The monoisotopic (exact) mass is 460 g/mol. The highest BCUT2D eigenvalue weighted by Crippen LogP contribution is 2.39. The summed E-state index contributed by atoms with van der Waals surface area (Å²) in [6.07, 6.45) is 2.38. The average molecular weight is 461 g/mol. The summed E-state index contributed by atoms with van der Waals surface area (Å²) >= 11 is 0. The van der Waals surface area contributed by atoms with Crippen molar-refractivity contribution in [2.45, 2.75) is 25.5 Å². The molecule has 0 radical (unpaired) electrons. The number of benzene rings is 3. The van der Waals surface area contributed by atoms with Crippen molar-refractivity contribution in [1.29, 1.82) is 0 Å². The number of nitrogens with zero attached hydrogens (tertiary/aromatic N) is 1. The predicted octanol–water partition coefficient (Wildman–Crippen LogP) is 4.85. The second kappa shape index (κ2) is 11.6. The SMILES string of the molecule is COc1cc(C(=O)NC[C@@H](c2ccccc2)N2CCCC2)cc(OC)c1OCc1ccccc1. The maximum atomic E-state index is 13.1. The summed E-state index contributed by atoms with van der Waals surface area (Å²) in [5.74, 6) is 1.22. The maximum Gasteiger partial charge on any atom is 0.251 e. The average Bonchev–Trinajstić information content (AvgIpc) is 3.43. The van der Waals surface area contributed by atoms with E-state index in [4.69, 9.17) is 14.2 Å². The molecule has 1 atom stereocenters. The summed E-state index contributed by atoms with van der Waals surface area (Å²) in [5, 5.41) is 3.12. The third kappa shape index (κ3) is 5.69. The molecule has 0 unspecified atom stereocenters. The second-order valence-corrected chi connectivity index (χ2v) is 8.36. The molecular formula is C28H32N2O4. The van der Waals surface area contributed by atoms with Crippen LogP contribution in [-0.2, 0) is 6.61 Å². The summed E-state index contributed by atoms with van der Waals surface area (Å²) in [6.45, 7) is 2.99. The summed E-state index contributed by atoms with van der Waals surface area (Å²) < 4.78 is 17.1. The summed E-state index contributed by atoms with van der Waals surface area (Å²) in [4.78, 5) is 15.6.